The molecular weight excluding hydrogens is 425 g/mol. The van der Waals surface area contributed by atoms with Crippen LogP contribution >= 0.6 is 0 Å². The second kappa shape index (κ2) is 8.89. The van der Waals surface area contributed by atoms with Gasteiger partial charge in [0.25, 0.3) is 5.91 Å². The summed E-state index contributed by atoms with van der Waals surface area (Å²) in [5.41, 5.74) is 2.49. The highest BCUT2D eigenvalue weighted by Crippen LogP contribution is 2.38. The van der Waals surface area contributed by atoms with Crippen LogP contribution in [-0.4, -0.2) is 46.5 Å². The van der Waals surface area contributed by atoms with Gasteiger partial charge in [-0.25, -0.2) is 9.18 Å². The Bertz CT molecular complexity index is 1070. The van der Waals surface area contributed by atoms with Gasteiger partial charge in [-0.2, -0.15) is 5.10 Å². The SMILES string of the molecule is CCc1nn(CC(C)(C)Cc2cc(F)ccc2C(=O)O)c2c1C(=O)NCC1(CCOCC1)C2. The van der Waals surface area contributed by atoms with E-state index in [0.717, 1.165) is 30.7 Å². The predicted octanol–water partition coefficient (Wildman–Crippen LogP) is 3.63. The summed E-state index contributed by atoms with van der Waals surface area (Å²) in [6, 6.07) is 3.79. The Morgan fingerprint density at radius 3 is 2.73 bits per heavy atom. The van der Waals surface area contributed by atoms with Gasteiger partial charge < -0.3 is 15.2 Å². The van der Waals surface area contributed by atoms with Crippen molar-refractivity contribution >= 4 is 11.9 Å². The summed E-state index contributed by atoms with van der Waals surface area (Å²) in [5, 5.41) is 17.5. The second-order valence-electron chi connectivity index (χ2n) is 10.2. The topological polar surface area (TPSA) is 93.5 Å². The molecule has 1 amide bonds. The van der Waals surface area contributed by atoms with E-state index in [1.165, 1.54) is 18.2 Å². The Hall–Kier alpha value is -2.74. The van der Waals surface area contributed by atoms with Crippen LogP contribution in [0, 0.1) is 16.6 Å². The molecule has 1 aromatic heterocycles. The molecule has 4 rings (SSSR count). The average molecular weight is 458 g/mol. The normalized spacial score (nSPS) is 18.0. The van der Waals surface area contributed by atoms with Crippen LogP contribution in [0.1, 0.15) is 71.3 Å². The van der Waals surface area contributed by atoms with Crippen LogP contribution in [-0.2, 0) is 30.5 Å². The molecule has 1 aromatic carbocycles. The minimum absolute atomic E-state index is 0.0505. The van der Waals surface area contributed by atoms with Crippen molar-refractivity contribution in [3.05, 3.63) is 52.1 Å². The number of hydrogen-bond acceptors (Lipinski definition) is 4. The van der Waals surface area contributed by atoms with Crippen molar-refractivity contribution in [2.75, 3.05) is 19.8 Å². The van der Waals surface area contributed by atoms with E-state index < -0.39 is 17.2 Å². The molecule has 7 nitrogen and oxygen atoms in total. The number of aryl methyl sites for hydroxylation is 1. The van der Waals surface area contributed by atoms with Crippen LogP contribution < -0.4 is 5.32 Å². The maximum Gasteiger partial charge on any atom is 0.335 e. The van der Waals surface area contributed by atoms with Gasteiger partial charge in [-0.15, -0.1) is 0 Å². The zero-order valence-electron chi connectivity index (χ0n) is 19.5. The van der Waals surface area contributed by atoms with Crippen molar-refractivity contribution < 1.29 is 23.8 Å². The number of amides is 1. The molecule has 2 aliphatic heterocycles. The lowest BCUT2D eigenvalue weighted by atomic mass is 9.76. The number of hydrogen-bond donors (Lipinski definition) is 2. The molecule has 33 heavy (non-hydrogen) atoms. The van der Waals surface area contributed by atoms with Crippen molar-refractivity contribution in [3.8, 4) is 0 Å². The van der Waals surface area contributed by atoms with E-state index in [9.17, 15) is 19.1 Å². The standard InChI is InChI=1S/C25H32FN3O4/c1-4-19-21-20(13-25(14-27-22(21)30)7-9-33-10-8-25)29(28-19)15-24(2,3)12-16-11-17(26)5-6-18(16)23(31)32/h5-6,11H,4,7-10,12-15H2,1-3H3,(H,27,30)(H,31,32). The summed E-state index contributed by atoms with van der Waals surface area (Å²) >= 11 is 0. The highest BCUT2D eigenvalue weighted by molar-refractivity contribution is 5.97. The molecule has 0 radical (unpaired) electrons. The van der Waals surface area contributed by atoms with E-state index in [4.69, 9.17) is 9.84 Å². The van der Waals surface area contributed by atoms with Crippen LogP contribution in [0.2, 0.25) is 0 Å². The highest BCUT2D eigenvalue weighted by atomic mass is 19.1. The van der Waals surface area contributed by atoms with Gasteiger partial charge in [0, 0.05) is 26.3 Å². The highest BCUT2D eigenvalue weighted by Gasteiger charge is 2.40. The van der Waals surface area contributed by atoms with Crippen molar-refractivity contribution in [1.82, 2.24) is 15.1 Å². The third kappa shape index (κ3) is 4.81. The number of fused-ring (bicyclic) bond motifs is 1. The minimum Gasteiger partial charge on any atom is -0.478 e. The van der Waals surface area contributed by atoms with Gasteiger partial charge >= 0.3 is 5.97 Å². The van der Waals surface area contributed by atoms with Gasteiger partial charge in [0.1, 0.15) is 5.82 Å². The molecule has 3 heterocycles. The number of carbonyl (C=O) groups is 2. The maximum absolute atomic E-state index is 13.9. The van der Waals surface area contributed by atoms with E-state index in [-0.39, 0.29) is 16.9 Å². The first-order valence-electron chi connectivity index (χ1n) is 11.6. The third-order valence-electron chi connectivity index (χ3n) is 6.96. The van der Waals surface area contributed by atoms with E-state index in [1.54, 1.807) is 0 Å². The molecule has 1 spiro atoms. The molecule has 0 aliphatic carbocycles. The zero-order chi connectivity index (χ0) is 23.8. The number of nitrogens with one attached hydrogen (secondary N) is 1. The summed E-state index contributed by atoms with van der Waals surface area (Å²) in [6.07, 6.45) is 3.52. The van der Waals surface area contributed by atoms with Crippen LogP contribution in [0.25, 0.3) is 0 Å². The number of aromatic nitrogens is 2. The molecule has 0 saturated carbocycles. The third-order valence-corrected chi connectivity index (χ3v) is 6.96. The molecule has 2 N–H and O–H groups in total. The zero-order valence-corrected chi connectivity index (χ0v) is 19.5. The Morgan fingerprint density at radius 2 is 2.06 bits per heavy atom. The fraction of sp³-hybridized carbons (Fsp3) is 0.560. The first-order chi connectivity index (χ1) is 15.6. The van der Waals surface area contributed by atoms with Crippen molar-refractivity contribution in [3.63, 3.8) is 0 Å². The largest absolute Gasteiger partial charge is 0.478 e. The van der Waals surface area contributed by atoms with Crippen LogP contribution in [0.15, 0.2) is 18.2 Å². The molecule has 178 valence electrons. The van der Waals surface area contributed by atoms with E-state index >= 15 is 0 Å². The molecule has 2 aliphatic rings. The van der Waals surface area contributed by atoms with E-state index in [2.05, 4.69) is 5.32 Å². The predicted molar refractivity (Wildman–Crippen MR) is 121 cm³/mol. The van der Waals surface area contributed by atoms with Gasteiger partial charge in [0.05, 0.1) is 22.5 Å². The molecule has 1 fully saturated rings. The molecule has 1 saturated heterocycles. The summed E-state index contributed by atoms with van der Waals surface area (Å²) in [5.74, 6) is -1.60. The number of carboxylic acid groups (broad SMARTS) is 1. The lowest BCUT2D eigenvalue weighted by Gasteiger charge is -2.36. The molecular formula is C25H32FN3O4. The van der Waals surface area contributed by atoms with Gasteiger partial charge in [0.2, 0.25) is 0 Å². The maximum atomic E-state index is 13.9. The molecule has 0 atom stereocenters. The lowest BCUT2D eigenvalue weighted by molar-refractivity contribution is 0.0150. The molecule has 0 unspecified atom stereocenters. The van der Waals surface area contributed by atoms with E-state index in [0.29, 0.717) is 50.3 Å². The first-order valence-corrected chi connectivity index (χ1v) is 11.6. The quantitative estimate of drug-likeness (QED) is 0.691. The van der Waals surface area contributed by atoms with Crippen molar-refractivity contribution in [2.45, 2.75) is 59.4 Å². The monoisotopic (exact) mass is 457 g/mol. The number of nitrogens with zero attached hydrogens (tertiary/aromatic N) is 2. The van der Waals surface area contributed by atoms with Gasteiger partial charge in [-0.05, 0) is 66.7 Å². The Labute approximate surface area is 193 Å². The number of ether oxygens (including phenoxy) is 1. The van der Waals surface area contributed by atoms with Crippen LogP contribution in [0.3, 0.4) is 0 Å². The van der Waals surface area contributed by atoms with E-state index in [1.807, 2.05) is 25.5 Å². The lowest BCUT2D eigenvalue weighted by Crippen LogP contribution is -2.41. The molecule has 8 heteroatoms. The number of carbonyl (C=O) groups excluding carboxylic acids is 1. The number of carboxylic acids is 1. The second-order valence-corrected chi connectivity index (χ2v) is 10.2. The number of halogens is 1. The number of rotatable bonds is 6. The smallest absolute Gasteiger partial charge is 0.335 e. The fourth-order valence-corrected chi connectivity index (χ4v) is 5.20. The van der Waals surface area contributed by atoms with Gasteiger partial charge in [-0.3, -0.25) is 9.48 Å². The molecule has 0 bridgehead atoms. The Morgan fingerprint density at radius 1 is 1.33 bits per heavy atom. The van der Waals surface area contributed by atoms with Crippen LogP contribution in [0.4, 0.5) is 4.39 Å². The number of aromatic carboxylic acids is 1. The summed E-state index contributed by atoms with van der Waals surface area (Å²) in [6.45, 7) is 8.51. The van der Waals surface area contributed by atoms with Gasteiger partial charge in [0.15, 0.2) is 0 Å². The minimum atomic E-state index is -1.07. The summed E-state index contributed by atoms with van der Waals surface area (Å²) in [7, 11) is 0. The van der Waals surface area contributed by atoms with Crippen LogP contribution in [0.5, 0.6) is 0 Å². The summed E-state index contributed by atoms with van der Waals surface area (Å²) in [4.78, 5) is 24.7. The fourth-order valence-electron chi connectivity index (χ4n) is 5.20. The Balaban J connectivity index is 1.68. The van der Waals surface area contributed by atoms with Crippen molar-refractivity contribution in [2.24, 2.45) is 10.8 Å². The molecule has 2 aromatic rings. The Kier molecular flexibility index (Phi) is 6.31. The van der Waals surface area contributed by atoms with Gasteiger partial charge in [-0.1, -0.05) is 20.8 Å². The first kappa shape index (κ1) is 23.4. The summed E-state index contributed by atoms with van der Waals surface area (Å²) < 4.78 is 21.4. The average Bonchev–Trinajstić information content (AvgIpc) is 3.01. The number of benzene rings is 1. The van der Waals surface area contributed by atoms with Crippen molar-refractivity contribution in [1.29, 1.82) is 0 Å².